The van der Waals surface area contributed by atoms with Gasteiger partial charge in [-0.05, 0) is 31.0 Å². The third-order valence-electron chi connectivity index (χ3n) is 3.21. The third-order valence-corrected chi connectivity index (χ3v) is 3.95. The van der Waals surface area contributed by atoms with Crippen LogP contribution in [-0.4, -0.2) is 29.8 Å². The van der Waals surface area contributed by atoms with Crippen molar-refractivity contribution in [1.29, 1.82) is 0 Å². The standard InChI is InChI=1S/C15H20Cl2N2O2/c1-4-5-14(20)19(10(2)15(21)18-3)9-11-6-7-12(16)13(17)8-11/h6-8,10H,4-5,9H2,1-3H3,(H,18,21). The van der Waals surface area contributed by atoms with Gasteiger partial charge in [0.1, 0.15) is 6.04 Å². The van der Waals surface area contributed by atoms with E-state index < -0.39 is 6.04 Å². The molecule has 0 heterocycles. The first kappa shape index (κ1) is 17.8. The van der Waals surface area contributed by atoms with E-state index in [2.05, 4.69) is 5.32 Å². The Morgan fingerprint density at radius 1 is 1.29 bits per heavy atom. The molecule has 0 aliphatic rings. The maximum atomic E-state index is 12.2. The minimum atomic E-state index is -0.538. The molecule has 1 unspecified atom stereocenters. The van der Waals surface area contributed by atoms with Crippen molar-refractivity contribution >= 4 is 35.0 Å². The Labute approximate surface area is 135 Å². The van der Waals surface area contributed by atoms with Crippen LogP contribution in [0.2, 0.25) is 10.0 Å². The number of hydrogen-bond donors (Lipinski definition) is 1. The van der Waals surface area contributed by atoms with Crippen LogP contribution in [-0.2, 0) is 16.1 Å². The summed E-state index contributed by atoms with van der Waals surface area (Å²) in [5.74, 6) is -0.251. The summed E-state index contributed by atoms with van der Waals surface area (Å²) in [6.07, 6.45) is 1.14. The lowest BCUT2D eigenvalue weighted by atomic mass is 10.1. The smallest absolute Gasteiger partial charge is 0.242 e. The number of nitrogens with zero attached hydrogens (tertiary/aromatic N) is 1. The summed E-state index contributed by atoms with van der Waals surface area (Å²) in [6, 6.07) is 4.67. The average molecular weight is 331 g/mol. The largest absolute Gasteiger partial charge is 0.357 e. The van der Waals surface area contributed by atoms with Crippen LogP contribution in [0.15, 0.2) is 18.2 Å². The second kappa shape index (κ2) is 8.25. The molecule has 1 rings (SSSR count). The van der Waals surface area contributed by atoms with Crippen LogP contribution in [0.5, 0.6) is 0 Å². The molecule has 0 fully saturated rings. The molecule has 0 saturated carbocycles. The molecule has 0 aliphatic carbocycles. The first-order valence-corrected chi connectivity index (χ1v) is 7.61. The summed E-state index contributed by atoms with van der Waals surface area (Å²) < 4.78 is 0. The highest BCUT2D eigenvalue weighted by Crippen LogP contribution is 2.24. The summed E-state index contributed by atoms with van der Waals surface area (Å²) in [5, 5.41) is 3.47. The van der Waals surface area contributed by atoms with Gasteiger partial charge in [0.15, 0.2) is 0 Å². The molecule has 1 atom stereocenters. The first-order chi connectivity index (χ1) is 9.90. The van der Waals surface area contributed by atoms with E-state index >= 15 is 0 Å². The van der Waals surface area contributed by atoms with E-state index in [0.717, 1.165) is 12.0 Å². The van der Waals surface area contributed by atoms with Crippen LogP contribution in [0.25, 0.3) is 0 Å². The van der Waals surface area contributed by atoms with Crippen molar-refractivity contribution in [2.75, 3.05) is 7.05 Å². The van der Waals surface area contributed by atoms with Crippen molar-refractivity contribution in [3.63, 3.8) is 0 Å². The zero-order valence-corrected chi connectivity index (χ0v) is 14.0. The molecule has 2 amide bonds. The number of likely N-dealkylation sites (N-methyl/N-ethyl adjacent to an activating group) is 1. The predicted molar refractivity (Wildman–Crippen MR) is 85.4 cm³/mol. The Hall–Kier alpha value is -1.26. The normalized spacial score (nSPS) is 11.9. The highest BCUT2D eigenvalue weighted by molar-refractivity contribution is 6.42. The van der Waals surface area contributed by atoms with Gasteiger partial charge in [0.25, 0.3) is 0 Å². The van der Waals surface area contributed by atoms with E-state index in [1.807, 2.05) is 6.92 Å². The summed E-state index contributed by atoms with van der Waals surface area (Å²) in [7, 11) is 1.56. The topological polar surface area (TPSA) is 49.4 Å². The molecule has 21 heavy (non-hydrogen) atoms. The van der Waals surface area contributed by atoms with E-state index in [1.165, 1.54) is 0 Å². The molecular formula is C15H20Cl2N2O2. The zero-order valence-electron chi connectivity index (χ0n) is 12.5. The van der Waals surface area contributed by atoms with Gasteiger partial charge in [-0.15, -0.1) is 0 Å². The molecule has 116 valence electrons. The van der Waals surface area contributed by atoms with E-state index in [1.54, 1.807) is 37.1 Å². The van der Waals surface area contributed by atoms with E-state index in [9.17, 15) is 9.59 Å². The van der Waals surface area contributed by atoms with Crippen molar-refractivity contribution < 1.29 is 9.59 Å². The number of carbonyl (C=O) groups is 2. The molecule has 0 bridgehead atoms. The molecule has 6 heteroatoms. The number of benzene rings is 1. The SMILES string of the molecule is CCCC(=O)N(Cc1ccc(Cl)c(Cl)c1)C(C)C(=O)NC. The van der Waals surface area contributed by atoms with Crippen molar-refractivity contribution in [3.05, 3.63) is 33.8 Å². The Morgan fingerprint density at radius 2 is 1.95 bits per heavy atom. The Balaban J connectivity index is 2.98. The third kappa shape index (κ3) is 4.90. The maximum Gasteiger partial charge on any atom is 0.242 e. The van der Waals surface area contributed by atoms with Gasteiger partial charge in [-0.1, -0.05) is 36.2 Å². The van der Waals surface area contributed by atoms with Crippen molar-refractivity contribution in [1.82, 2.24) is 10.2 Å². The number of nitrogens with one attached hydrogen (secondary N) is 1. The highest BCUT2D eigenvalue weighted by atomic mass is 35.5. The fourth-order valence-corrected chi connectivity index (χ4v) is 2.30. The molecule has 1 aromatic rings. The maximum absolute atomic E-state index is 12.2. The fraction of sp³-hybridized carbons (Fsp3) is 0.467. The monoisotopic (exact) mass is 330 g/mol. The number of hydrogen-bond acceptors (Lipinski definition) is 2. The van der Waals surface area contributed by atoms with Gasteiger partial charge in [-0.2, -0.15) is 0 Å². The minimum Gasteiger partial charge on any atom is -0.357 e. The summed E-state index contributed by atoms with van der Waals surface area (Å²) in [5.41, 5.74) is 0.838. The number of rotatable bonds is 6. The summed E-state index contributed by atoms with van der Waals surface area (Å²) in [6.45, 7) is 3.97. The Morgan fingerprint density at radius 3 is 2.48 bits per heavy atom. The number of carbonyl (C=O) groups excluding carboxylic acids is 2. The number of amides is 2. The molecule has 0 spiro atoms. The molecule has 0 aliphatic heterocycles. The summed E-state index contributed by atoms with van der Waals surface area (Å²) in [4.78, 5) is 25.6. The van der Waals surface area contributed by atoms with Crippen LogP contribution >= 0.6 is 23.2 Å². The van der Waals surface area contributed by atoms with Crippen LogP contribution in [0.1, 0.15) is 32.3 Å². The lowest BCUT2D eigenvalue weighted by Gasteiger charge is -2.28. The number of halogens is 2. The van der Waals surface area contributed by atoms with Gasteiger partial charge in [-0.3, -0.25) is 9.59 Å². The second-order valence-electron chi connectivity index (χ2n) is 4.81. The van der Waals surface area contributed by atoms with Crippen LogP contribution in [0, 0.1) is 0 Å². The van der Waals surface area contributed by atoms with Gasteiger partial charge in [0, 0.05) is 20.0 Å². The minimum absolute atomic E-state index is 0.0559. The van der Waals surface area contributed by atoms with Gasteiger partial charge in [-0.25, -0.2) is 0 Å². The van der Waals surface area contributed by atoms with Crippen LogP contribution < -0.4 is 5.32 Å². The van der Waals surface area contributed by atoms with Crippen molar-refractivity contribution in [2.45, 2.75) is 39.3 Å². The molecule has 1 aromatic carbocycles. The van der Waals surface area contributed by atoms with Crippen molar-refractivity contribution in [2.24, 2.45) is 0 Å². The van der Waals surface area contributed by atoms with Crippen LogP contribution in [0.4, 0.5) is 0 Å². The quantitative estimate of drug-likeness (QED) is 0.870. The molecule has 0 aromatic heterocycles. The van der Waals surface area contributed by atoms with Gasteiger partial charge < -0.3 is 10.2 Å². The van der Waals surface area contributed by atoms with Gasteiger partial charge in [0.05, 0.1) is 10.0 Å². The van der Waals surface area contributed by atoms with E-state index in [4.69, 9.17) is 23.2 Å². The highest BCUT2D eigenvalue weighted by Gasteiger charge is 2.24. The molecular weight excluding hydrogens is 311 g/mol. The first-order valence-electron chi connectivity index (χ1n) is 6.85. The van der Waals surface area contributed by atoms with E-state index in [0.29, 0.717) is 23.0 Å². The molecule has 0 radical (unpaired) electrons. The Bertz CT molecular complexity index is 520. The predicted octanol–water partition coefficient (Wildman–Crippen LogP) is 3.26. The molecule has 1 N–H and O–H groups in total. The lowest BCUT2D eigenvalue weighted by molar-refractivity contribution is -0.140. The second-order valence-corrected chi connectivity index (χ2v) is 5.62. The molecule has 4 nitrogen and oxygen atoms in total. The van der Waals surface area contributed by atoms with E-state index in [-0.39, 0.29) is 11.8 Å². The average Bonchev–Trinajstić information content (AvgIpc) is 2.47. The molecule has 0 saturated heterocycles. The van der Waals surface area contributed by atoms with Crippen molar-refractivity contribution in [3.8, 4) is 0 Å². The van der Waals surface area contributed by atoms with Crippen LogP contribution in [0.3, 0.4) is 0 Å². The zero-order chi connectivity index (χ0) is 16.0. The Kier molecular flexibility index (Phi) is 6.99. The lowest BCUT2D eigenvalue weighted by Crippen LogP contribution is -2.46. The fourth-order valence-electron chi connectivity index (χ4n) is 1.98. The summed E-state index contributed by atoms with van der Waals surface area (Å²) >= 11 is 11.9. The van der Waals surface area contributed by atoms with Gasteiger partial charge >= 0.3 is 0 Å². The van der Waals surface area contributed by atoms with Gasteiger partial charge in [0.2, 0.25) is 11.8 Å².